The predicted octanol–water partition coefficient (Wildman–Crippen LogP) is 4.34. The van der Waals surface area contributed by atoms with E-state index in [0.717, 1.165) is 22.0 Å². The number of thiophene rings is 1. The Kier molecular flexibility index (Phi) is 6.41. The molecule has 3 rings (SSSR count). The minimum Gasteiger partial charge on any atom is -0.494 e. The Balaban J connectivity index is 1.59. The number of ether oxygens (including phenoxy) is 1. The van der Waals surface area contributed by atoms with Gasteiger partial charge in [-0.15, -0.1) is 11.3 Å². The molecule has 6 nitrogen and oxygen atoms in total. The van der Waals surface area contributed by atoms with Crippen LogP contribution in [0.1, 0.15) is 31.9 Å². The molecule has 0 aliphatic heterocycles. The molecule has 0 aliphatic carbocycles. The smallest absolute Gasteiger partial charge is 0.222 e. The molecule has 1 atom stereocenters. The molecule has 8 heteroatoms. The fourth-order valence-corrected chi connectivity index (χ4v) is 3.69. The molecule has 0 aliphatic rings. The van der Waals surface area contributed by atoms with Crippen LogP contribution in [0.5, 0.6) is 5.75 Å². The number of carbonyl (C=O) groups is 1. The quantitative estimate of drug-likeness (QED) is 0.550. The summed E-state index contributed by atoms with van der Waals surface area (Å²) in [6, 6.07) is 11.6. The Hall–Kier alpha value is -2.45. The lowest BCUT2D eigenvalue weighted by Crippen LogP contribution is -2.27. The first-order chi connectivity index (χ1) is 13.1. The zero-order valence-electron chi connectivity index (χ0n) is 15.3. The number of hydrogen-bond donors (Lipinski definition) is 2. The third-order valence-electron chi connectivity index (χ3n) is 4.13. The van der Waals surface area contributed by atoms with Crippen LogP contribution in [0.3, 0.4) is 0 Å². The zero-order chi connectivity index (χ0) is 19.2. The molecule has 1 amide bonds. The van der Waals surface area contributed by atoms with E-state index < -0.39 is 0 Å². The van der Waals surface area contributed by atoms with Crippen molar-refractivity contribution in [2.24, 2.45) is 0 Å². The number of rotatable bonds is 8. The van der Waals surface area contributed by atoms with Crippen LogP contribution in [0.4, 0.5) is 0 Å². The average molecular weight is 403 g/mol. The second-order valence-corrected chi connectivity index (χ2v) is 7.36. The zero-order valence-corrected chi connectivity index (χ0v) is 16.9. The summed E-state index contributed by atoms with van der Waals surface area (Å²) in [5.41, 5.74) is 1.03. The topological polar surface area (TPSA) is 71.9 Å². The van der Waals surface area contributed by atoms with Crippen molar-refractivity contribution in [2.75, 3.05) is 6.61 Å². The molecular weight excluding hydrogens is 380 g/mol. The minimum absolute atomic E-state index is 0.0309. The van der Waals surface area contributed by atoms with E-state index in [9.17, 15) is 4.79 Å². The summed E-state index contributed by atoms with van der Waals surface area (Å²) in [4.78, 5) is 13.4. The Labute approximate surface area is 167 Å². The number of nitrogens with zero attached hydrogens (tertiary/aromatic N) is 2. The second kappa shape index (κ2) is 8.96. The molecule has 142 valence electrons. The maximum absolute atomic E-state index is 12.4. The van der Waals surface area contributed by atoms with Gasteiger partial charge in [-0.1, -0.05) is 18.2 Å². The van der Waals surface area contributed by atoms with Crippen LogP contribution < -0.4 is 10.1 Å². The maximum Gasteiger partial charge on any atom is 0.222 e. The molecule has 1 unspecified atom stereocenters. The number of amides is 1. The highest BCUT2D eigenvalue weighted by atomic mass is 32.1. The van der Waals surface area contributed by atoms with Gasteiger partial charge in [0.1, 0.15) is 5.75 Å². The van der Waals surface area contributed by atoms with E-state index in [1.54, 1.807) is 11.3 Å². The summed E-state index contributed by atoms with van der Waals surface area (Å²) >= 11 is 6.89. The van der Waals surface area contributed by atoms with Crippen LogP contribution in [0, 0.1) is 4.77 Å². The number of benzene rings is 1. The van der Waals surface area contributed by atoms with E-state index in [0.29, 0.717) is 24.3 Å². The highest BCUT2D eigenvalue weighted by molar-refractivity contribution is 7.71. The van der Waals surface area contributed by atoms with Gasteiger partial charge in [0.15, 0.2) is 10.6 Å². The van der Waals surface area contributed by atoms with Gasteiger partial charge in [0.2, 0.25) is 5.91 Å². The highest BCUT2D eigenvalue weighted by Gasteiger charge is 2.13. The number of H-pyrrole nitrogens is 1. The largest absolute Gasteiger partial charge is 0.494 e. The van der Waals surface area contributed by atoms with Crippen molar-refractivity contribution in [2.45, 2.75) is 32.9 Å². The molecule has 0 radical (unpaired) electrons. The first-order valence-electron chi connectivity index (χ1n) is 8.79. The SMILES string of the molecule is CCOc1ccc(C(C)NC(=O)CCn2c(-c3cccs3)n[nH]c2=S)cc1. The third kappa shape index (κ3) is 4.84. The summed E-state index contributed by atoms with van der Waals surface area (Å²) in [7, 11) is 0. The van der Waals surface area contributed by atoms with E-state index >= 15 is 0 Å². The first kappa shape index (κ1) is 19.3. The second-order valence-electron chi connectivity index (χ2n) is 6.02. The number of nitrogens with one attached hydrogen (secondary N) is 2. The van der Waals surface area contributed by atoms with Gasteiger partial charge in [0.25, 0.3) is 0 Å². The van der Waals surface area contributed by atoms with Gasteiger partial charge in [-0.05, 0) is 55.2 Å². The standard InChI is InChI=1S/C19H22N4O2S2/c1-3-25-15-8-6-14(7-9-15)13(2)20-17(24)10-11-23-18(21-22-19(23)26)16-5-4-12-27-16/h4-9,12-13H,3,10-11H2,1-2H3,(H,20,24)(H,22,26). The van der Waals surface area contributed by atoms with Crippen LogP contribution in [-0.2, 0) is 11.3 Å². The van der Waals surface area contributed by atoms with Crippen LogP contribution >= 0.6 is 23.6 Å². The van der Waals surface area contributed by atoms with Crippen molar-refractivity contribution < 1.29 is 9.53 Å². The Bertz CT molecular complexity index is 930. The maximum atomic E-state index is 12.4. The lowest BCUT2D eigenvalue weighted by Gasteiger charge is -2.15. The summed E-state index contributed by atoms with van der Waals surface area (Å²) in [6.07, 6.45) is 0.327. The molecule has 27 heavy (non-hydrogen) atoms. The van der Waals surface area contributed by atoms with Crippen LogP contribution in [0.25, 0.3) is 10.7 Å². The molecule has 0 saturated heterocycles. The molecule has 1 aromatic carbocycles. The molecule has 0 fully saturated rings. The first-order valence-corrected chi connectivity index (χ1v) is 10.1. The van der Waals surface area contributed by atoms with Gasteiger partial charge in [-0.3, -0.25) is 14.5 Å². The number of carbonyl (C=O) groups excluding carboxylic acids is 1. The van der Waals surface area contributed by atoms with Crippen molar-refractivity contribution in [1.82, 2.24) is 20.1 Å². The van der Waals surface area contributed by atoms with E-state index in [1.807, 2.05) is 60.2 Å². The molecule has 2 heterocycles. The van der Waals surface area contributed by atoms with Crippen molar-refractivity contribution in [3.8, 4) is 16.5 Å². The molecule has 0 saturated carbocycles. The summed E-state index contributed by atoms with van der Waals surface area (Å²) in [5, 5.41) is 12.1. The van der Waals surface area contributed by atoms with Gasteiger partial charge >= 0.3 is 0 Å². The summed E-state index contributed by atoms with van der Waals surface area (Å²) in [6.45, 7) is 5.03. The molecule has 0 spiro atoms. The Morgan fingerprint density at radius 3 is 2.81 bits per heavy atom. The fourth-order valence-electron chi connectivity index (χ4n) is 2.75. The average Bonchev–Trinajstić information content (AvgIpc) is 3.30. The van der Waals surface area contributed by atoms with Crippen molar-refractivity contribution in [1.29, 1.82) is 0 Å². The molecule has 2 aromatic heterocycles. The third-order valence-corrected chi connectivity index (χ3v) is 5.31. The molecule has 2 N–H and O–H groups in total. The van der Waals surface area contributed by atoms with Gasteiger partial charge in [-0.2, -0.15) is 5.10 Å². The van der Waals surface area contributed by atoms with Crippen LogP contribution in [0.2, 0.25) is 0 Å². The van der Waals surface area contributed by atoms with E-state index in [-0.39, 0.29) is 11.9 Å². The van der Waals surface area contributed by atoms with Gasteiger partial charge in [0.05, 0.1) is 17.5 Å². The van der Waals surface area contributed by atoms with Crippen molar-refractivity contribution >= 4 is 29.5 Å². The molecular formula is C19H22N4O2S2. The number of hydrogen-bond acceptors (Lipinski definition) is 5. The van der Waals surface area contributed by atoms with E-state index in [2.05, 4.69) is 15.5 Å². The van der Waals surface area contributed by atoms with Crippen molar-refractivity contribution in [3.63, 3.8) is 0 Å². The fraction of sp³-hybridized carbons (Fsp3) is 0.316. The van der Waals surface area contributed by atoms with Crippen LogP contribution in [0.15, 0.2) is 41.8 Å². The minimum atomic E-state index is -0.0812. The van der Waals surface area contributed by atoms with E-state index in [1.165, 1.54) is 0 Å². The Morgan fingerprint density at radius 1 is 1.37 bits per heavy atom. The monoisotopic (exact) mass is 402 g/mol. The number of aromatic amines is 1. The lowest BCUT2D eigenvalue weighted by atomic mass is 10.1. The normalized spacial score (nSPS) is 11.9. The van der Waals surface area contributed by atoms with Crippen molar-refractivity contribution in [3.05, 3.63) is 52.1 Å². The summed E-state index contributed by atoms with van der Waals surface area (Å²) in [5.74, 6) is 1.56. The number of aromatic nitrogens is 3. The lowest BCUT2D eigenvalue weighted by molar-refractivity contribution is -0.121. The summed E-state index contributed by atoms with van der Waals surface area (Å²) < 4.78 is 7.83. The molecule has 3 aromatic rings. The van der Waals surface area contributed by atoms with Gasteiger partial charge < -0.3 is 10.1 Å². The highest BCUT2D eigenvalue weighted by Crippen LogP contribution is 2.23. The van der Waals surface area contributed by atoms with E-state index in [4.69, 9.17) is 17.0 Å². The van der Waals surface area contributed by atoms with Gasteiger partial charge in [0, 0.05) is 13.0 Å². The Morgan fingerprint density at radius 2 is 2.15 bits per heavy atom. The van der Waals surface area contributed by atoms with Gasteiger partial charge in [-0.25, -0.2) is 0 Å². The molecule has 0 bridgehead atoms. The predicted molar refractivity (Wildman–Crippen MR) is 110 cm³/mol. The van der Waals surface area contributed by atoms with Crippen LogP contribution in [-0.4, -0.2) is 27.3 Å².